The third-order valence-corrected chi connectivity index (χ3v) is 5.13. The van der Waals surface area contributed by atoms with Crippen LogP contribution >= 0.6 is 0 Å². The molecule has 1 aromatic heterocycles. The number of halogens is 1. The van der Waals surface area contributed by atoms with E-state index in [1.807, 2.05) is 0 Å². The van der Waals surface area contributed by atoms with Gasteiger partial charge in [0.25, 0.3) is 0 Å². The van der Waals surface area contributed by atoms with Gasteiger partial charge in [-0.3, -0.25) is 0 Å². The lowest BCUT2D eigenvalue weighted by Gasteiger charge is -2.28. The molecule has 2 heterocycles. The molecule has 0 saturated carbocycles. The first-order valence-corrected chi connectivity index (χ1v) is 8.83. The first-order valence-electron chi connectivity index (χ1n) is 6.99. The summed E-state index contributed by atoms with van der Waals surface area (Å²) in [4.78, 5) is 4.27. The monoisotopic (exact) mass is 325 g/mol. The van der Waals surface area contributed by atoms with Gasteiger partial charge in [0.2, 0.25) is 21.7 Å². The minimum absolute atomic E-state index is 0.00558. The van der Waals surface area contributed by atoms with E-state index in [2.05, 4.69) is 10.1 Å². The van der Waals surface area contributed by atoms with E-state index in [1.54, 1.807) is 18.2 Å². The van der Waals surface area contributed by atoms with Gasteiger partial charge in [0.1, 0.15) is 5.82 Å². The van der Waals surface area contributed by atoms with Gasteiger partial charge in [0.05, 0.1) is 11.8 Å². The van der Waals surface area contributed by atoms with Crippen LogP contribution in [0.5, 0.6) is 0 Å². The predicted octanol–water partition coefficient (Wildman–Crippen LogP) is 2.01. The number of hydrogen-bond donors (Lipinski definition) is 0. The topological polar surface area (TPSA) is 76.3 Å². The molecule has 2 aromatic rings. The van der Waals surface area contributed by atoms with Crippen molar-refractivity contribution < 1.29 is 17.3 Å². The van der Waals surface area contributed by atoms with Crippen molar-refractivity contribution in [1.29, 1.82) is 0 Å². The standard InChI is InChI=1S/C14H16FN3O3S/c1-22(19,20)18-8-6-10(7-9-18)14-16-13(17-21-14)11-4-2-3-5-12(11)15/h2-5,10H,6-9H2,1H3. The number of piperidine rings is 1. The first kappa shape index (κ1) is 15.1. The largest absolute Gasteiger partial charge is 0.339 e. The van der Waals surface area contributed by atoms with Gasteiger partial charge >= 0.3 is 0 Å². The van der Waals surface area contributed by atoms with Gasteiger partial charge in [-0.1, -0.05) is 17.3 Å². The summed E-state index contributed by atoms with van der Waals surface area (Å²) in [5.74, 6) is 0.262. The second kappa shape index (κ2) is 5.77. The van der Waals surface area contributed by atoms with Crippen LogP contribution in [0.2, 0.25) is 0 Å². The van der Waals surface area contributed by atoms with E-state index in [1.165, 1.54) is 16.6 Å². The highest BCUT2D eigenvalue weighted by molar-refractivity contribution is 7.88. The molecule has 0 spiro atoms. The molecule has 0 amide bonds. The molecule has 0 N–H and O–H groups in total. The molecule has 0 radical (unpaired) electrons. The Hall–Kier alpha value is -1.80. The number of rotatable bonds is 3. The molecule has 1 aromatic carbocycles. The normalized spacial score (nSPS) is 17.7. The fraction of sp³-hybridized carbons (Fsp3) is 0.429. The average molecular weight is 325 g/mol. The Labute approximate surface area is 128 Å². The lowest BCUT2D eigenvalue weighted by molar-refractivity contribution is 0.271. The molecule has 8 heteroatoms. The number of aromatic nitrogens is 2. The minimum atomic E-state index is -3.16. The van der Waals surface area contributed by atoms with Crippen molar-refractivity contribution >= 4 is 10.0 Å². The second-order valence-corrected chi connectivity index (χ2v) is 7.35. The molecule has 3 rings (SSSR count). The van der Waals surface area contributed by atoms with Crippen molar-refractivity contribution in [3.8, 4) is 11.4 Å². The number of hydrogen-bond acceptors (Lipinski definition) is 5. The summed E-state index contributed by atoms with van der Waals surface area (Å²) in [5.41, 5.74) is 0.297. The van der Waals surface area contributed by atoms with Gasteiger partial charge in [0.15, 0.2) is 0 Å². The predicted molar refractivity (Wildman–Crippen MR) is 78.1 cm³/mol. The Morgan fingerprint density at radius 2 is 1.95 bits per heavy atom. The van der Waals surface area contributed by atoms with E-state index in [0.717, 1.165) is 0 Å². The third-order valence-electron chi connectivity index (χ3n) is 3.83. The van der Waals surface area contributed by atoms with Crippen LogP contribution < -0.4 is 0 Å². The van der Waals surface area contributed by atoms with Gasteiger partial charge in [0, 0.05) is 19.0 Å². The van der Waals surface area contributed by atoms with Crippen LogP contribution in [0.25, 0.3) is 11.4 Å². The summed E-state index contributed by atoms with van der Waals surface area (Å²) in [6.07, 6.45) is 2.44. The van der Waals surface area contributed by atoms with Gasteiger partial charge in [-0.15, -0.1) is 0 Å². The van der Waals surface area contributed by atoms with E-state index in [4.69, 9.17) is 4.52 Å². The minimum Gasteiger partial charge on any atom is -0.339 e. The molecular weight excluding hydrogens is 309 g/mol. The van der Waals surface area contributed by atoms with E-state index in [-0.39, 0.29) is 11.7 Å². The Morgan fingerprint density at radius 1 is 1.27 bits per heavy atom. The Morgan fingerprint density at radius 3 is 2.59 bits per heavy atom. The number of benzene rings is 1. The summed E-state index contributed by atoms with van der Waals surface area (Å²) in [5, 5.41) is 3.83. The maximum Gasteiger partial charge on any atom is 0.230 e. The van der Waals surface area contributed by atoms with E-state index < -0.39 is 15.8 Å². The van der Waals surface area contributed by atoms with Crippen LogP contribution in [-0.4, -0.2) is 42.2 Å². The van der Waals surface area contributed by atoms with Crippen molar-refractivity contribution in [2.45, 2.75) is 18.8 Å². The summed E-state index contributed by atoms with van der Waals surface area (Å²) < 4.78 is 43.4. The first-order chi connectivity index (χ1) is 10.4. The molecule has 0 aliphatic carbocycles. The van der Waals surface area contributed by atoms with Crippen LogP contribution in [0.15, 0.2) is 28.8 Å². The fourth-order valence-electron chi connectivity index (χ4n) is 2.59. The summed E-state index contributed by atoms with van der Waals surface area (Å²) in [6.45, 7) is 0.863. The fourth-order valence-corrected chi connectivity index (χ4v) is 3.46. The summed E-state index contributed by atoms with van der Waals surface area (Å²) >= 11 is 0. The molecule has 1 aliphatic rings. The SMILES string of the molecule is CS(=O)(=O)N1CCC(c2nc(-c3ccccc3F)no2)CC1. The molecule has 0 atom stereocenters. The maximum atomic E-state index is 13.7. The maximum absolute atomic E-state index is 13.7. The van der Waals surface area contributed by atoms with Crippen LogP contribution in [0, 0.1) is 5.82 Å². The molecule has 1 aliphatic heterocycles. The summed E-state index contributed by atoms with van der Waals surface area (Å²) in [7, 11) is -3.16. The van der Waals surface area contributed by atoms with Crippen LogP contribution in [-0.2, 0) is 10.0 Å². The molecule has 6 nitrogen and oxygen atoms in total. The van der Waals surface area contributed by atoms with E-state index in [9.17, 15) is 12.8 Å². The van der Waals surface area contributed by atoms with Crippen molar-refractivity contribution in [3.63, 3.8) is 0 Å². The molecule has 118 valence electrons. The average Bonchev–Trinajstić information content (AvgIpc) is 2.96. The lowest BCUT2D eigenvalue weighted by Crippen LogP contribution is -2.37. The van der Waals surface area contributed by atoms with Crippen LogP contribution in [0.1, 0.15) is 24.7 Å². The zero-order valence-corrected chi connectivity index (χ0v) is 12.9. The number of sulfonamides is 1. The highest BCUT2D eigenvalue weighted by atomic mass is 32.2. The molecular formula is C14H16FN3O3S. The van der Waals surface area contributed by atoms with E-state index >= 15 is 0 Å². The lowest BCUT2D eigenvalue weighted by atomic mass is 9.98. The molecule has 1 fully saturated rings. The smallest absolute Gasteiger partial charge is 0.230 e. The Bertz CT molecular complexity index is 767. The molecule has 22 heavy (non-hydrogen) atoms. The van der Waals surface area contributed by atoms with Crippen LogP contribution in [0.3, 0.4) is 0 Å². The Kier molecular flexibility index (Phi) is 3.96. The highest BCUT2D eigenvalue weighted by Crippen LogP contribution is 2.29. The van der Waals surface area contributed by atoms with Crippen molar-refractivity contribution in [2.75, 3.05) is 19.3 Å². The quantitative estimate of drug-likeness (QED) is 0.863. The molecule has 0 unspecified atom stereocenters. The van der Waals surface area contributed by atoms with Gasteiger partial charge in [-0.25, -0.2) is 17.1 Å². The summed E-state index contributed by atoms with van der Waals surface area (Å²) in [6, 6.07) is 6.24. The van der Waals surface area contributed by atoms with Gasteiger partial charge < -0.3 is 4.52 Å². The second-order valence-electron chi connectivity index (χ2n) is 5.37. The highest BCUT2D eigenvalue weighted by Gasteiger charge is 2.29. The third kappa shape index (κ3) is 3.02. The van der Waals surface area contributed by atoms with Crippen molar-refractivity contribution in [3.05, 3.63) is 36.0 Å². The zero-order valence-electron chi connectivity index (χ0n) is 12.1. The van der Waals surface area contributed by atoms with Crippen molar-refractivity contribution in [2.24, 2.45) is 0 Å². The Balaban J connectivity index is 1.75. The number of nitrogens with zero attached hydrogens (tertiary/aromatic N) is 3. The molecule has 1 saturated heterocycles. The van der Waals surface area contributed by atoms with Gasteiger partial charge in [-0.05, 0) is 25.0 Å². The molecule has 0 bridgehead atoms. The zero-order chi connectivity index (χ0) is 15.7. The van der Waals surface area contributed by atoms with E-state index in [0.29, 0.717) is 37.4 Å². The van der Waals surface area contributed by atoms with Gasteiger partial charge in [-0.2, -0.15) is 4.98 Å². The van der Waals surface area contributed by atoms with Crippen molar-refractivity contribution in [1.82, 2.24) is 14.4 Å². The van der Waals surface area contributed by atoms with Crippen LogP contribution in [0.4, 0.5) is 4.39 Å².